The van der Waals surface area contributed by atoms with Gasteiger partial charge >= 0.3 is 5.97 Å². The first-order chi connectivity index (χ1) is 17.0. The number of rotatable bonds is 16. The lowest BCUT2D eigenvalue weighted by molar-refractivity contribution is -0.704. The van der Waals surface area contributed by atoms with Crippen molar-refractivity contribution in [3.63, 3.8) is 0 Å². The van der Waals surface area contributed by atoms with Crippen molar-refractivity contribution in [2.45, 2.75) is 84.1 Å². The summed E-state index contributed by atoms with van der Waals surface area (Å²) < 4.78 is 7.83. The highest BCUT2D eigenvalue weighted by atomic mass is 16.6. The lowest BCUT2D eigenvalue weighted by Gasteiger charge is -2.06. The van der Waals surface area contributed by atoms with Crippen molar-refractivity contribution in [1.29, 1.82) is 5.26 Å². The van der Waals surface area contributed by atoms with E-state index in [1.54, 1.807) is 6.20 Å². The second-order valence-corrected chi connectivity index (χ2v) is 8.19. The van der Waals surface area contributed by atoms with Crippen LogP contribution in [0.4, 0.5) is 0 Å². The van der Waals surface area contributed by atoms with Crippen LogP contribution in [-0.4, -0.2) is 39.2 Å². The first kappa shape index (κ1) is 29.7. The predicted molar refractivity (Wildman–Crippen MR) is 129 cm³/mol. The van der Waals surface area contributed by atoms with Crippen molar-refractivity contribution in [3.8, 4) is 11.8 Å². The van der Waals surface area contributed by atoms with E-state index in [-0.39, 0.29) is 11.3 Å². The zero-order valence-electron chi connectivity index (χ0n) is 20.6. The van der Waals surface area contributed by atoms with Crippen LogP contribution < -0.4 is 9.30 Å². The number of aromatic nitrogens is 2. The number of carbonyl (C=O) groups excluding carboxylic acids is 1. The van der Waals surface area contributed by atoms with Crippen LogP contribution in [-0.2, 0) is 13.0 Å². The number of aromatic carboxylic acids is 1. The van der Waals surface area contributed by atoms with E-state index >= 15 is 0 Å². The maximum Gasteiger partial charge on any atom is 0.339 e. The normalized spacial score (nSPS) is 10.2. The number of carbonyl (C=O) groups is 2. The number of unbranched alkanes of at least 4 members (excludes halogenated alkanes) is 8. The molecule has 0 aliphatic carbocycles. The van der Waals surface area contributed by atoms with E-state index in [0.29, 0.717) is 24.8 Å². The second-order valence-electron chi connectivity index (χ2n) is 8.19. The van der Waals surface area contributed by atoms with E-state index in [1.165, 1.54) is 74.3 Å². The first-order valence-corrected chi connectivity index (χ1v) is 12.2. The van der Waals surface area contributed by atoms with Gasteiger partial charge in [-0.15, -0.1) is 0 Å². The predicted octanol–water partition coefficient (Wildman–Crippen LogP) is 4.53. The topological polar surface area (TPSA) is 137 Å². The van der Waals surface area contributed by atoms with Gasteiger partial charge in [-0.1, -0.05) is 69.1 Å². The molecule has 0 unspecified atom stereocenters. The summed E-state index contributed by atoms with van der Waals surface area (Å²) in [6.07, 6.45) is 17.2. The molecule has 3 N–H and O–H groups in total. The summed E-state index contributed by atoms with van der Waals surface area (Å²) in [7, 11) is 0. The highest BCUT2D eigenvalue weighted by Gasteiger charge is 2.16. The van der Waals surface area contributed by atoms with Crippen LogP contribution in [0.3, 0.4) is 0 Å². The molecule has 35 heavy (non-hydrogen) atoms. The minimum absolute atomic E-state index is 0.0235. The van der Waals surface area contributed by atoms with Gasteiger partial charge in [-0.05, 0) is 18.6 Å². The largest absolute Gasteiger partial charge is 0.478 e. The molecule has 0 aliphatic rings. The molecule has 0 radical (unpaired) electrons. The number of ether oxygens (including phenoxy) is 1. The van der Waals surface area contributed by atoms with Crippen molar-refractivity contribution in [3.05, 3.63) is 47.5 Å². The van der Waals surface area contributed by atoms with Crippen LogP contribution in [0, 0.1) is 11.3 Å². The van der Waals surface area contributed by atoms with Gasteiger partial charge in [-0.2, -0.15) is 5.26 Å². The Morgan fingerprint density at radius 3 is 2.37 bits per heavy atom. The lowest BCUT2D eigenvalue weighted by atomic mass is 10.1. The molecule has 0 spiro atoms. The summed E-state index contributed by atoms with van der Waals surface area (Å²) in [5, 5.41) is 35.6. The van der Waals surface area contributed by atoms with Crippen molar-refractivity contribution in [2.75, 3.05) is 6.79 Å². The Kier molecular flexibility index (Phi) is 15.3. The first-order valence-electron chi connectivity index (χ1n) is 12.2. The number of hydrogen-bond acceptors (Lipinski definition) is 6. The minimum atomic E-state index is -1.18. The molecule has 1 aromatic carbocycles. The van der Waals surface area contributed by atoms with Gasteiger partial charge in [0.1, 0.15) is 30.3 Å². The molecule has 192 valence electrons. The summed E-state index contributed by atoms with van der Waals surface area (Å²) in [5.41, 5.74) is 0.197. The minimum Gasteiger partial charge on any atom is -0.478 e. The average Bonchev–Trinajstić information content (AvgIpc) is 3.21. The Hall–Kier alpha value is -3.38. The molecule has 0 aliphatic heterocycles. The van der Waals surface area contributed by atoms with Gasteiger partial charge in [0.15, 0.2) is 13.0 Å². The van der Waals surface area contributed by atoms with Crippen molar-refractivity contribution < 1.29 is 34.3 Å². The van der Waals surface area contributed by atoms with Crippen LogP contribution in [0.2, 0.25) is 0 Å². The number of nitrogens with zero attached hydrogens (tertiary/aromatic N) is 3. The second kappa shape index (κ2) is 18.0. The number of nitriles is 1. The molecule has 0 atom stereocenters. The monoisotopic (exact) mass is 488 g/mol. The Bertz CT molecular complexity index is 936. The highest BCUT2D eigenvalue weighted by molar-refractivity contribution is 5.92. The summed E-state index contributed by atoms with van der Waals surface area (Å²) in [6, 6.07) is 6.01. The van der Waals surface area contributed by atoms with Gasteiger partial charge in [-0.3, -0.25) is 4.79 Å². The van der Waals surface area contributed by atoms with Gasteiger partial charge in [-0.25, -0.2) is 9.36 Å². The van der Waals surface area contributed by atoms with E-state index in [2.05, 4.69) is 17.7 Å². The fourth-order valence-electron chi connectivity index (χ4n) is 3.65. The third-order valence-electron chi connectivity index (χ3n) is 5.54. The Morgan fingerprint density at radius 1 is 1.14 bits per heavy atom. The molecule has 1 aromatic heterocycles. The van der Waals surface area contributed by atoms with Crippen molar-refractivity contribution >= 4 is 12.3 Å². The van der Waals surface area contributed by atoms with Gasteiger partial charge in [0.2, 0.25) is 0 Å². The van der Waals surface area contributed by atoms with Crippen molar-refractivity contribution in [2.24, 2.45) is 0 Å². The molecule has 0 fully saturated rings. The van der Waals surface area contributed by atoms with Gasteiger partial charge < -0.3 is 20.2 Å². The molecule has 9 heteroatoms. The van der Waals surface area contributed by atoms with E-state index in [4.69, 9.17) is 15.5 Å². The molecule has 0 bridgehead atoms. The molecule has 9 nitrogen and oxygen atoms in total. The molecule has 0 amide bonds. The number of aldehydes is 1. The van der Waals surface area contributed by atoms with Crippen molar-refractivity contribution in [1.82, 2.24) is 4.73 Å². The molecule has 2 aromatic rings. The number of carboxylic acids is 1. The number of aliphatic hydroxyl groups is 1. The number of aliphatic hydroxyl groups excluding tert-OH is 1. The van der Waals surface area contributed by atoms with E-state index in [0.717, 1.165) is 18.7 Å². The molecular formula is C26H38N3O6+. The van der Waals surface area contributed by atoms with Gasteiger partial charge in [0, 0.05) is 5.56 Å². The molecule has 2 rings (SSSR count). The SMILES string of the molecule is CCCCCCCCCCCc1n(O)cc[n+]1CCC#N.O=Cc1ccc(C(=O)O)c(OCO)c1. The fraction of sp³-hybridized carbons (Fsp3) is 0.538. The quantitative estimate of drug-likeness (QED) is 0.104. The van der Waals surface area contributed by atoms with Gasteiger partial charge in [0.05, 0.1) is 18.9 Å². The number of aryl methyl sites for hydroxylation is 1. The van der Waals surface area contributed by atoms with Crippen LogP contribution in [0.25, 0.3) is 0 Å². The Morgan fingerprint density at radius 2 is 1.80 bits per heavy atom. The summed E-state index contributed by atoms with van der Waals surface area (Å²) >= 11 is 0. The van der Waals surface area contributed by atoms with Crippen LogP contribution in [0.1, 0.15) is 97.7 Å². The van der Waals surface area contributed by atoms with E-state index in [1.807, 2.05) is 10.8 Å². The van der Waals surface area contributed by atoms with Crippen LogP contribution in [0.5, 0.6) is 5.75 Å². The van der Waals surface area contributed by atoms with E-state index < -0.39 is 12.8 Å². The summed E-state index contributed by atoms with van der Waals surface area (Å²) in [5.74, 6) is -0.288. The smallest absolute Gasteiger partial charge is 0.339 e. The van der Waals surface area contributed by atoms with Gasteiger partial charge in [0.25, 0.3) is 5.82 Å². The number of carboxylic acid groups (broad SMARTS) is 1. The fourth-order valence-corrected chi connectivity index (χ4v) is 3.65. The molecule has 0 saturated carbocycles. The summed E-state index contributed by atoms with van der Waals surface area (Å²) in [4.78, 5) is 21.0. The zero-order chi connectivity index (χ0) is 25.9. The van der Waals surface area contributed by atoms with Crippen LogP contribution in [0.15, 0.2) is 30.6 Å². The Balaban J connectivity index is 0.000000379. The number of hydrogen-bond donors (Lipinski definition) is 3. The zero-order valence-corrected chi connectivity index (χ0v) is 20.6. The van der Waals surface area contributed by atoms with Crippen LogP contribution >= 0.6 is 0 Å². The Labute approximate surface area is 207 Å². The third kappa shape index (κ3) is 11.5. The van der Waals surface area contributed by atoms with E-state index in [9.17, 15) is 14.8 Å². The standard InChI is InChI=1S/C17H30N3O.C9H8O5/c1-2-3-4-5-6-7-8-9-10-12-17-19(14-11-13-18)15-16-20(17)21;10-4-6-1-2-7(9(12)13)8(3-6)14-5-11/h15-16,21H,2-12,14H2,1H3;1-4,11H,5H2,(H,12,13)/q+1;. The third-order valence-corrected chi connectivity index (χ3v) is 5.54. The number of imidazole rings is 1. The maximum absolute atomic E-state index is 10.6. The maximum atomic E-state index is 10.6. The molecule has 1 heterocycles. The number of benzene rings is 1. The average molecular weight is 489 g/mol. The lowest BCUT2D eigenvalue weighted by Crippen LogP contribution is -2.37. The molecular weight excluding hydrogens is 450 g/mol. The highest BCUT2D eigenvalue weighted by Crippen LogP contribution is 2.19. The summed E-state index contributed by atoms with van der Waals surface area (Å²) in [6.45, 7) is 2.28. The molecule has 0 saturated heterocycles.